The maximum absolute atomic E-state index is 12.4. The topological polar surface area (TPSA) is 58.2 Å². The zero-order valence-corrected chi connectivity index (χ0v) is 14.4. The highest BCUT2D eigenvalue weighted by atomic mass is 35.5. The maximum Gasteiger partial charge on any atom is 0.228 e. The van der Waals surface area contributed by atoms with Crippen LogP contribution in [0.25, 0.3) is 10.8 Å². The third kappa shape index (κ3) is 4.17. The monoisotopic (exact) mass is 352 g/mol. The van der Waals surface area contributed by atoms with Crippen LogP contribution in [0.1, 0.15) is 12.5 Å². The van der Waals surface area contributed by atoms with Gasteiger partial charge in [-0.2, -0.15) is 0 Å². The fraction of sp³-hybridized carbons (Fsp3) is 0.100. The summed E-state index contributed by atoms with van der Waals surface area (Å²) in [6, 6.07) is 18.9. The van der Waals surface area contributed by atoms with E-state index in [1.54, 1.807) is 18.2 Å². The van der Waals surface area contributed by atoms with Crippen LogP contribution in [0.5, 0.6) is 0 Å². The highest BCUT2D eigenvalue weighted by molar-refractivity contribution is 6.34. The molecule has 4 nitrogen and oxygen atoms in total. The van der Waals surface area contributed by atoms with Gasteiger partial charge in [0, 0.05) is 12.6 Å². The first-order valence-electron chi connectivity index (χ1n) is 7.86. The molecule has 3 rings (SSSR count). The molecule has 0 aliphatic carbocycles. The Morgan fingerprint density at radius 2 is 1.72 bits per heavy atom. The summed E-state index contributed by atoms with van der Waals surface area (Å²) >= 11 is 6.13. The molecular formula is C20H17ClN2O2. The van der Waals surface area contributed by atoms with Crippen LogP contribution in [0.15, 0.2) is 60.7 Å². The van der Waals surface area contributed by atoms with Crippen molar-refractivity contribution in [3.05, 3.63) is 71.2 Å². The van der Waals surface area contributed by atoms with Crippen molar-refractivity contribution in [2.75, 3.05) is 10.6 Å². The number of anilines is 2. The molecule has 2 N–H and O–H groups in total. The number of halogens is 1. The summed E-state index contributed by atoms with van der Waals surface area (Å²) < 4.78 is 0. The number of fused-ring (bicyclic) bond motifs is 1. The number of carbonyl (C=O) groups is 2. The van der Waals surface area contributed by atoms with Crippen molar-refractivity contribution in [1.82, 2.24) is 0 Å². The molecule has 0 bridgehead atoms. The Bertz CT molecular complexity index is 948. The smallest absolute Gasteiger partial charge is 0.228 e. The molecule has 0 radical (unpaired) electrons. The zero-order valence-electron chi connectivity index (χ0n) is 13.7. The van der Waals surface area contributed by atoms with Crippen molar-refractivity contribution >= 4 is 45.6 Å². The van der Waals surface area contributed by atoms with Gasteiger partial charge in [-0.25, -0.2) is 0 Å². The lowest BCUT2D eigenvalue weighted by Crippen LogP contribution is -2.15. The van der Waals surface area contributed by atoms with Crippen LogP contribution in [-0.4, -0.2) is 11.8 Å². The maximum atomic E-state index is 12.4. The largest absolute Gasteiger partial charge is 0.326 e. The number of hydrogen-bond donors (Lipinski definition) is 2. The number of benzene rings is 3. The number of nitrogens with one attached hydrogen (secondary N) is 2. The van der Waals surface area contributed by atoms with Gasteiger partial charge in [0.2, 0.25) is 11.8 Å². The highest BCUT2D eigenvalue weighted by Gasteiger charge is 2.09. The molecule has 0 saturated carbocycles. The van der Waals surface area contributed by atoms with Gasteiger partial charge in [0.05, 0.1) is 17.1 Å². The molecule has 0 heterocycles. The summed E-state index contributed by atoms with van der Waals surface area (Å²) in [7, 11) is 0. The lowest BCUT2D eigenvalue weighted by atomic mass is 10.0. The molecule has 25 heavy (non-hydrogen) atoms. The van der Waals surface area contributed by atoms with Crippen LogP contribution in [0, 0.1) is 0 Å². The quantitative estimate of drug-likeness (QED) is 0.719. The Kier molecular flexibility index (Phi) is 5.00. The van der Waals surface area contributed by atoms with E-state index in [0.29, 0.717) is 16.4 Å². The number of carbonyl (C=O) groups excluding carboxylic acids is 2. The van der Waals surface area contributed by atoms with Crippen LogP contribution in [-0.2, 0) is 16.0 Å². The molecule has 3 aromatic carbocycles. The van der Waals surface area contributed by atoms with E-state index in [1.807, 2.05) is 42.5 Å². The number of hydrogen-bond acceptors (Lipinski definition) is 2. The summed E-state index contributed by atoms with van der Waals surface area (Å²) in [5, 5.41) is 8.02. The first-order chi connectivity index (χ1) is 12.0. The molecule has 0 spiro atoms. The predicted octanol–water partition coefficient (Wildman–Crippen LogP) is 4.63. The second-order valence-electron chi connectivity index (χ2n) is 5.74. The van der Waals surface area contributed by atoms with Crippen molar-refractivity contribution < 1.29 is 9.59 Å². The number of rotatable bonds is 4. The Morgan fingerprint density at radius 3 is 2.48 bits per heavy atom. The van der Waals surface area contributed by atoms with Crippen molar-refractivity contribution in [3.63, 3.8) is 0 Å². The van der Waals surface area contributed by atoms with E-state index < -0.39 is 0 Å². The minimum atomic E-state index is -0.199. The molecule has 3 aromatic rings. The highest BCUT2D eigenvalue weighted by Crippen LogP contribution is 2.26. The molecule has 2 amide bonds. The standard InChI is InChI=1S/C20H17ClN2O2/c1-13(24)22-19-10-9-16(12-18(19)21)23-20(25)11-15-7-4-6-14-5-2-3-8-17(14)15/h2-10,12H,11H2,1H3,(H,22,24)(H,23,25). The molecule has 5 heteroatoms. The van der Waals surface area contributed by atoms with Crippen molar-refractivity contribution in [1.29, 1.82) is 0 Å². The van der Waals surface area contributed by atoms with Gasteiger partial charge in [-0.1, -0.05) is 54.1 Å². The minimum absolute atomic E-state index is 0.125. The summed E-state index contributed by atoms with van der Waals surface area (Å²) in [5.41, 5.74) is 2.07. The molecule has 0 atom stereocenters. The van der Waals surface area contributed by atoms with E-state index in [9.17, 15) is 9.59 Å². The van der Waals surface area contributed by atoms with Gasteiger partial charge < -0.3 is 10.6 Å². The average molecular weight is 353 g/mol. The fourth-order valence-corrected chi connectivity index (χ4v) is 2.94. The molecule has 0 unspecified atom stereocenters. The SMILES string of the molecule is CC(=O)Nc1ccc(NC(=O)Cc2cccc3ccccc23)cc1Cl. The summed E-state index contributed by atoms with van der Waals surface area (Å²) in [6.45, 7) is 1.41. The van der Waals surface area contributed by atoms with Crippen molar-refractivity contribution in [2.24, 2.45) is 0 Å². The average Bonchev–Trinajstić information content (AvgIpc) is 2.57. The van der Waals surface area contributed by atoms with Gasteiger partial charge in [-0.3, -0.25) is 9.59 Å². The van der Waals surface area contributed by atoms with E-state index in [2.05, 4.69) is 10.6 Å². The van der Waals surface area contributed by atoms with Crippen LogP contribution < -0.4 is 10.6 Å². The van der Waals surface area contributed by atoms with E-state index in [1.165, 1.54) is 6.92 Å². The van der Waals surface area contributed by atoms with Crippen LogP contribution >= 0.6 is 11.6 Å². The lowest BCUT2D eigenvalue weighted by Gasteiger charge is -2.10. The zero-order chi connectivity index (χ0) is 17.8. The van der Waals surface area contributed by atoms with Gasteiger partial charge >= 0.3 is 0 Å². The second-order valence-corrected chi connectivity index (χ2v) is 6.15. The first kappa shape index (κ1) is 17.0. The van der Waals surface area contributed by atoms with Gasteiger partial charge in [0.25, 0.3) is 0 Å². The van der Waals surface area contributed by atoms with Crippen LogP contribution in [0.4, 0.5) is 11.4 Å². The molecule has 0 aliphatic rings. The van der Waals surface area contributed by atoms with E-state index in [4.69, 9.17) is 11.6 Å². The normalized spacial score (nSPS) is 10.5. The lowest BCUT2D eigenvalue weighted by molar-refractivity contribution is -0.116. The third-order valence-electron chi connectivity index (χ3n) is 3.79. The molecule has 0 aliphatic heterocycles. The summed E-state index contributed by atoms with van der Waals surface area (Å²) in [6.07, 6.45) is 0.270. The third-order valence-corrected chi connectivity index (χ3v) is 4.11. The minimum Gasteiger partial charge on any atom is -0.326 e. The van der Waals surface area contributed by atoms with Gasteiger partial charge in [-0.05, 0) is 34.5 Å². The van der Waals surface area contributed by atoms with Crippen LogP contribution in [0.2, 0.25) is 5.02 Å². The van der Waals surface area contributed by atoms with Crippen molar-refractivity contribution in [3.8, 4) is 0 Å². The molecule has 0 fully saturated rings. The van der Waals surface area contributed by atoms with E-state index in [-0.39, 0.29) is 18.2 Å². The summed E-state index contributed by atoms with van der Waals surface area (Å²) in [4.78, 5) is 23.5. The molecule has 126 valence electrons. The Morgan fingerprint density at radius 1 is 0.960 bits per heavy atom. The van der Waals surface area contributed by atoms with Gasteiger partial charge in [0.1, 0.15) is 0 Å². The second kappa shape index (κ2) is 7.36. The number of amides is 2. The molecular weight excluding hydrogens is 336 g/mol. The van der Waals surface area contributed by atoms with E-state index >= 15 is 0 Å². The fourth-order valence-electron chi connectivity index (χ4n) is 2.71. The van der Waals surface area contributed by atoms with Crippen molar-refractivity contribution in [2.45, 2.75) is 13.3 Å². The van der Waals surface area contributed by atoms with Gasteiger partial charge in [0.15, 0.2) is 0 Å². The van der Waals surface area contributed by atoms with Gasteiger partial charge in [-0.15, -0.1) is 0 Å². The Hall–Kier alpha value is -2.85. The van der Waals surface area contributed by atoms with Crippen LogP contribution in [0.3, 0.4) is 0 Å². The Labute approximate surface area is 150 Å². The van der Waals surface area contributed by atoms with E-state index in [0.717, 1.165) is 16.3 Å². The molecule has 0 aromatic heterocycles. The predicted molar refractivity (Wildman–Crippen MR) is 102 cm³/mol. The molecule has 0 saturated heterocycles. The summed E-state index contributed by atoms with van der Waals surface area (Å²) in [5.74, 6) is -0.325. The first-order valence-corrected chi connectivity index (χ1v) is 8.24. The Balaban J connectivity index is 1.74.